The average Bonchev–Trinajstić information content (AvgIpc) is 3.60. The number of rotatable bonds is 6. The van der Waals surface area contributed by atoms with Crippen molar-refractivity contribution < 1.29 is 27.5 Å². The third-order valence-corrected chi connectivity index (χ3v) is 9.27. The van der Waals surface area contributed by atoms with Crippen molar-refractivity contribution in [2.24, 2.45) is 0 Å². The Bertz CT molecular complexity index is 1550. The fourth-order valence-electron chi connectivity index (χ4n) is 5.00. The molecule has 0 atom stereocenters. The van der Waals surface area contributed by atoms with E-state index in [0.29, 0.717) is 23.7 Å². The van der Waals surface area contributed by atoms with Crippen molar-refractivity contribution in [3.05, 3.63) is 71.8 Å². The molecule has 9 nitrogen and oxygen atoms in total. The third kappa shape index (κ3) is 4.29. The van der Waals surface area contributed by atoms with Crippen LogP contribution in [0.5, 0.6) is 11.5 Å². The van der Waals surface area contributed by atoms with Gasteiger partial charge in [0.1, 0.15) is 0 Å². The molecule has 2 N–H and O–H groups in total. The van der Waals surface area contributed by atoms with Gasteiger partial charge in [-0.15, -0.1) is 0 Å². The molecule has 1 saturated carbocycles. The SMILES string of the molecule is Cc1ccc(NC(=O)C2(c3ccc4c(c3)OCO4)CC2)cc1-c1ccc(S(=O)(=O)N2CCNC(=O)C2)cc1. The molecule has 2 heterocycles. The van der Waals surface area contributed by atoms with Gasteiger partial charge in [0, 0.05) is 18.8 Å². The molecule has 0 bridgehead atoms. The monoisotopic (exact) mass is 533 g/mol. The molecule has 38 heavy (non-hydrogen) atoms. The lowest BCUT2D eigenvalue weighted by atomic mass is 9.94. The molecule has 2 aliphatic heterocycles. The van der Waals surface area contributed by atoms with Crippen LogP contribution in [0.4, 0.5) is 5.69 Å². The summed E-state index contributed by atoms with van der Waals surface area (Å²) in [4.78, 5) is 25.2. The van der Waals surface area contributed by atoms with E-state index in [1.807, 2.05) is 43.3 Å². The molecule has 3 aliphatic rings. The van der Waals surface area contributed by atoms with Crippen molar-refractivity contribution in [3.8, 4) is 22.6 Å². The van der Waals surface area contributed by atoms with Crippen molar-refractivity contribution in [3.63, 3.8) is 0 Å². The Labute approximate surface area is 220 Å². The molecule has 10 heteroatoms. The maximum Gasteiger partial charge on any atom is 0.243 e. The lowest BCUT2D eigenvalue weighted by Gasteiger charge is -2.26. The van der Waals surface area contributed by atoms with Gasteiger partial charge < -0.3 is 20.1 Å². The molecule has 3 aromatic rings. The van der Waals surface area contributed by atoms with Crippen molar-refractivity contribution in [2.45, 2.75) is 30.1 Å². The lowest BCUT2D eigenvalue weighted by Crippen LogP contribution is -2.49. The van der Waals surface area contributed by atoms with Crippen LogP contribution in [0.15, 0.2) is 65.6 Å². The summed E-state index contributed by atoms with van der Waals surface area (Å²) in [5.74, 6) is 0.970. The predicted octanol–water partition coefficient (Wildman–Crippen LogP) is 3.18. The van der Waals surface area contributed by atoms with Gasteiger partial charge in [0.15, 0.2) is 11.5 Å². The van der Waals surface area contributed by atoms with Gasteiger partial charge in [0.25, 0.3) is 0 Å². The molecule has 0 spiro atoms. The summed E-state index contributed by atoms with van der Waals surface area (Å²) in [5.41, 5.74) is 3.69. The number of carbonyl (C=O) groups excluding carboxylic acids is 2. The van der Waals surface area contributed by atoms with E-state index in [1.165, 1.54) is 4.31 Å². The number of carbonyl (C=O) groups is 2. The number of sulfonamides is 1. The van der Waals surface area contributed by atoms with E-state index in [1.54, 1.807) is 24.3 Å². The second kappa shape index (κ2) is 9.14. The van der Waals surface area contributed by atoms with Crippen LogP contribution in [0.3, 0.4) is 0 Å². The molecule has 0 aromatic heterocycles. The predicted molar refractivity (Wildman–Crippen MR) is 140 cm³/mol. The highest BCUT2D eigenvalue weighted by Gasteiger charge is 2.51. The number of hydrogen-bond acceptors (Lipinski definition) is 6. The number of nitrogens with zero attached hydrogens (tertiary/aromatic N) is 1. The van der Waals surface area contributed by atoms with Gasteiger partial charge in [-0.25, -0.2) is 8.42 Å². The number of fused-ring (bicyclic) bond motifs is 1. The number of nitrogens with one attached hydrogen (secondary N) is 2. The second-order valence-corrected chi connectivity index (χ2v) is 11.8. The maximum atomic E-state index is 13.4. The first kappa shape index (κ1) is 24.4. The number of aryl methyl sites for hydroxylation is 1. The molecule has 2 fully saturated rings. The molecule has 3 aromatic carbocycles. The number of amides is 2. The molecule has 2 amide bonds. The largest absolute Gasteiger partial charge is 0.454 e. The van der Waals surface area contributed by atoms with Gasteiger partial charge in [0.05, 0.1) is 16.9 Å². The fourth-order valence-corrected chi connectivity index (χ4v) is 6.40. The minimum atomic E-state index is -3.77. The Kier molecular flexibility index (Phi) is 5.88. The van der Waals surface area contributed by atoms with Crippen LogP contribution in [0, 0.1) is 6.92 Å². The molecular formula is C28H27N3O6S. The van der Waals surface area contributed by atoms with Gasteiger partial charge in [-0.1, -0.05) is 24.3 Å². The van der Waals surface area contributed by atoms with Crippen LogP contribution in [0.2, 0.25) is 0 Å². The van der Waals surface area contributed by atoms with Crippen molar-refractivity contribution in [1.29, 1.82) is 0 Å². The highest BCUT2D eigenvalue weighted by molar-refractivity contribution is 7.89. The number of benzene rings is 3. The Balaban J connectivity index is 1.21. The standard InChI is InChI=1S/C28H27N3O6S/c1-18-2-6-21(30-27(33)28(10-11-28)20-5-9-24-25(14-20)37-17-36-24)15-23(18)19-3-7-22(8-4-19)38(34,35)31-13-12-29-26(32)16-31/h2-9,14-15H,10-13,16-17H2,1H3,(H,29,32)(H,30,33). The Hall–Kier alpha value is -3.89. The van der Waals surface area contributed by atoms with E-state index < -0.39 is 15.4 Å². The van der Waals surface area contributed by atoms with E-state index >= 15 is 0 Å². The minimum absolute atomic E-state index is 0.0711. The summed E-state index contributed by atoms with van der Waals surface area (Å²) < 4.78 is 38.1. The van der Waals surface area contributed by atoms with Gasteiger partial charge >= 0.3 is 0 Å². The molecule has 1 saturated heterocycles. The van der Waals surface area contributed by atoms with Gasteiger partial charge in [-0.3, -0.25) is 9.59 Å². The molecule has 6 rings (SSSR count). The Morgan fingerprint density at radius 3 is 2.50 bits per heavy atom. The number of anilines is 1. The summed E-state index contributed by atoms with van der Waals surface area (Å²) in [6.45, 7) is 2.51. The summed E-state index contributed by atoms with van der Waals surface area (Å²) in [5, 5.41) is 5.72. The summed E-state index contributed by atoms with van der Waals surface area (Å²) >= 11 is 0. The van der Waals surface area contributed by atoms with Gasteiger partial charge in [0.2, 0.25) is 28.6 Å². The van der Waals surface area contributed by atoms with Crippen LogP contribution in [-0.4, -0.2) is 51.0 Å². The topological polar surface area (TPSA) is 114 Å². The van der Waals surface area contributed by atoms with Crippen LogP contribution in [0.25, 0.3) is 11.1 Å². The van der Waals surface area contributed by atoms with E-state index in [-0.39, 0.29) is 36.6 Å². The molecule has 1 aliphatic carbocycles. The zero-order valence-electron chi connectivity index (χ0n) is 20.8. The van der Waals surface area contributed by atoms with E-state index in [9.17, 15) is 18.0 Å². The second-order valence-electron chi connectivity index (χ2n) is 9.85. The van der Waals surface area contributed by atoms with E-state index in [2.05, 4.69) is 10.6 Å². The highest BCUT2D eigenvalue weighted by atomic mass is 32.2. The van der Waals surface area contributed by atoms with E-state index in [0.717, 1.165) is 35.1 Å². The zero-order chi connectivity index (χ0) is 26.5. The fraction of sp³-hybridized carbons (Fsp3) is 0.286. The van der Waals surface area contributed by atoms with Crippen molar-refractivity contribution in [1.82, 2.24) is 9.62 Å². The van der Waals surface area contributed by atoms with Crippen molar-refractivity contribution >= 4 is 27.5 Å². The van der Waals surface area contributed by atoms with Gasteiger partial charge in [-0.2, -0.15) is 4.31 Å². The van der Waals surface area contributed by atoms with Crippen LogP contribution < -0.4 is 20.1 Å². The first-order valence-corrected chi connectivity index (χ1v) is 13.9. The summed E-state index contributed by atoms with van der Waals surface area (Å²) in [6.07, 6.45) is 1.51. The normalized spacial score (nSPS) is 18.1. The Morgan fingerprint density at radius 1 is 1.00 bits per heavy atom. The van der Waals surface area contributed by atoms with Crippen LogP contribution in [-0.2, 0) is 25.0 Å². The van der Waals surface area contributed by atoms with Gasteiger partial charge in [-0.05, 0) is 78.4 Å². The lowest BCUT2D eigenvalue weighted by molar-refractivity contribution is -0.122. The summed E-state index contributed by atoms with van der Waals surface area (Å²) in [6, 6.07) is 18.0. The molecular weight excluding hydrogens is 506 g/mol. The average molecular weight is 534 g/mol. The number of hydrogen-bond donors (Lipinski definition) is 2. The minimum Gasteiger partial charge on any atom is -0.454 e. The number of piperazine rings is 1. The molecule has 0 radical (unpaired) electrons. The summed E-state index contributed by atoms with van der Waals surface area (Å²) in [7, 11) is -3.77. The zero-order valence-corrected chi connectivity index (χ0v) is 21.6. The first-order chi connectivity index (χ1) is 18.3. The van der Waals surface area contributed by atoms with Crippen LogP contribution in [0.1, 0.15) is 24.0 Å². The molecule has 0 unspecified atom stereocenters. The van der Waals surface area contributed by atoms with Crippen molar-refractivity contribution in [2.75, 3.05) is 31.7 Å². The molecule has 196 valence electrons. The van der Waals surface area contributed by atoms with E-state index in [4.69, 9.17) is 9.47 Å². The van der Waals surface area contributed by atoms with Crippen LogP contribution >= 0.6 is 0 Å². The smallest absolute Gasteiger partial charge is 0.243 e. The first-order valence-electron chi connectivity index (χ1n) is 12.5. The Morgan fingerprint density at radius 2 is 1.76 bits per heavy atom. The maximum absolute atomic E-state index is 13.4. The third-order valence-electron chi connectivity index (χ3n) is 7.41. The quantitative estimate of drug-likeness (QED) is 0.503. The highest BCUT2D eigenvalue weighted by Crippen LogP contribution is 2.51. The number of ether oxygens (including phenoxy) is 2.